The summed E-state index contributed by atoms with van der Waals surface area (Å²) in [6.07, 6.45) is 1.42. The lowest BCUT2D eigenvalue weighted by atomic mass is 9.89. The zero-order valence-electron chi connectivity index (χ0n) is 6.66. The Kier molecular flexibility index (Phi) is 2.20. The van der Waals surface area contributed by atoms with Crippen molar-refractivity contribution in [3.05, 3.63) is 35.4 Å². The van der Waals surface area contributed by atoms with Crippen molar-refractivity contribution >= 4 is 15.9 Å². The highest BCUT2D eigenvalue weighted by Gasteiger charge is 2.26. The quantitative estimate of drug-likeness (QED) is 0.606. The molecule has 0 amide bonds. The predicted molar refractivity (Wildman–Crippen MR) is 50.9 cm³/mol. The van der Waals surface area contributed by atoms with Crippen molar-refractivity contribution < 1.29 is 5.11 Å². The Morgan fingerprint density at radius 1 is 1.33 bits per heavy atom. The first-order chi connectivity index (χ1) is 5.79. The monoisotopic (exact) mass is 225 g/mol. The van der Waals surface area contributed by atoms with Crippen LogP contribution in [0.2, 0.25) is 0 Å². The fourth-order valence-corrected chi connectivity index (χ4v) is 2.19. The van der Waals surface area contributed by atoms with Crippen LogP contribution >= 0.6 is 15.9 Å². The molecule has 0 saturated carbocycles. The summed E-state index contributed by atoms with van der Waals surface area (Å²) in [5.74, 6) is 0. The van der Waals surface area contributed by atoms with Crippen molar-refractivity contribution in [2.75, 3.05) is 0 Å². The number of hydrogen-bond donors (Lipinski definition) is 0. The highest BCUT2D eigenvalue weighted by molar-refractivity contribution is 9.09. The largest absolute Gasteiger partial charge is 0.227 e. The molecule has 2 rings (SSSR count). The third-order valence-electron chi connectivity index (χ3n) is 2.38. The average Bonchev–Trinajstić information content (AvgIpc) is 2.12. The van der Waals surface area contributed by atoms with Crippen molar-refractivity contribution in [2.45, 2.75) is 23.8 Å². The van der Waals surface area contributed by atoms with E-state index in [2.05, 4.69) is 22.0 Å². The van der Waals surface area contributed by atoms with Gasteiger partial charge in [0.1, 0.15) is 6.10 Å². The molecule has 2 atom stereocenters. The summed E-state index contributed by atoms with van der Waals surface area (Å²) in [5.41, 5.74) is 2.21. The van der Waals surface area contributed by atoms with E-state index in [0.717, 1.165) is 18.4 Å². The molecule has 2 unspecified atom stereocenters. The standard InChI is InChI=1S/C10H10BrO/c11-9-6-5-7-3-1-2-4-8(7)10(9)12/h1-4,9-10H,5-6H2. The number of alkyl halides is 1. The molecular formula is C10H10BrO. The van der Waals surface area contributed by atoms with E-state index in [1.54, 1.807) is 0 Å². The molecule has 0 spiro atoms. The van der Waals surface area contributed by atoms with Gasteiger partial charge in [-0.15, -0.1) is 0 Å². The van der Waals surface area contributed by atoms with E-state index < -0.39 is 6.10 Å². The topological polar surface area (TPSA) is 19.9 Å². The van der Waals surface area contributed by atoms with Crippen LogP contribution in [0.1, 0.15) is 23.7 Å². The van der Waals surface area contributed by atoms with Crippen LogP contribution in [0, 0.1) is 0 Å². The van der Waals surface area contributed by atoms with Gasteiger partial charge in [0.25, 0.3) is 0 Å². The van der Waals surface area contributed by atoms with Crippen molar-refractivity contribution in [1.29, 1.82) is 0 Å². The molecule has 1 nitrogen and oxygen atoms in total. The molecule has 63 valence electrons. The molecule has 0 aliphatic heterocycles. The first-order valence-electron chi connectivity index (χ1n) is 4.17. The molecule has 1 aliphatic carbocycles. The molecule has 0 aromatic heterocycles. The summed E-state index contributed by atoms with van der Waals surface area (Å²) in [5, 5.41) is 11.7. The van der Waals surface area contributed by atoms with Crippen molar-refractivity contribution in [2.24, 2.45) is 0 Å². The van der Waals surface area contributed by atoms with Gasteiger partial charge in [-0.3, -0.25) is 0 Å². The van der Waals surface area contributed by atoms with E-state index in [4.69, 9.17) is 0 Å². The molecule has 0 fully saturated rings. The van der Waals surface area contributed by atoms with Crippen molar-refractivity contribution in [1.82, 2.24) is 0 Å². The Hall–Kier alpha value is -0.340. The van der Waals surface area contributed by atoms with E-state index in [1.807, 2.05) is 18.2 Å². The molecule has 0 saturated heterocycles. The van der Waals surface area contributed by atoms with E-state index in [-0.39, 0.29) is 4.83 Å². The third kappa shape index (κ3) is 1.29. The smallest absolute Gasteiger partial charge is 0.131 e. The molecule has 12 heavy (non-hydrogen) atoms. The van der Waals surface area contributed by atoms with Gasteiger partial charge in [0.05, 0.1) is 0 Å². The Balaban J connectivity index is 2.42. The summed E-state index contributed by atoms with van der Waals surface area (Å²) < 4.78 is 0. The fraction of sp³-hybridized carbons (Fsp3) is 0.400. The number of halogens is 1. The Bertz CT molecular complexity index is 285. The normalized spacial score (nSPS) is 28.2. The lowest BCUT2D eigenvalue weighted by Gasteiger charge is -2.24. The minimum absolute atomic E-state index is 0.118. The van der Waals surface area contributed by atoms with Gasteiger partial charge in [0.2, 0.25) is 0 Å². The van der Waals surface area contributed by atoms with Gasteiger partial charge in [0.15, 0.2) is 0 Å². The minimum atomic E-state index is -0.574. The van der Waals surface area contributed by atoms with Gasteiger partial charge in [-0.25, -0.2) is 5.11 Å². The SMILES string of the molecule is [O]C1c2ccccc2CCC1Br. The Labute approximate surface area is 80.5 Å². The Morgan fingerprint density at radius 3 is 2.92 bits per heavy atom. The van der Waals surface area contributed by atoms with E-state index >= 15 is 0 Å². The lowest BCUT2D eigenvalue weighted by molar-refractivity contribution is 0.0807. The van der Waals surface area contributed by atoms with Gasteiger partial charge in [0, 0.05) is 4.83 Å². The van der Waals surface area contributed by atoms with Crippen LogP contribution in [-0.2, 0) is 11.5 Å². The third-order valence-corrected chi connectivity index (χ3v) is 3.32. The fourth-order valence-electron chi connectivity index (χ4n) is 1.68. The van der Waals surface area contributed by atoms with Gasteiger partial charge in [-0.2, -0.15) is 0 Å². The first-order valence-corrected chi connectivity index (χ1v) is 5.08. The molecule has 2 heteroatoms. The summed E-state index contributed by atoms with van der Waals surface area (Å²) in [6.45, 7) is 0. The molecule has 1 aliphatic rings. The highest BCUT2D eigenvalue weighted by atomic mass is 79.9. The van der Waals surface area contributed by atoms with E-state index in [1.165, 1.54) is 5.56 Å². The average molecular weight is 226 g/mol. The second-order valence-electron chi connectivity index (χ2n) is 3.17. The van der Waals surface area contributed by atoms with Gasteiger partial charge >= 0.3 is 0 Å². The van der Waals surface area contributed by atoms with E-state index in [9.17, 15) is 5.11 Å². The number of aryl methyl sites for hydroxylation is 1. The van der Waals surface area contributed by atoms with Crippen LogP contribution in [-0.4, -0.2) is 4.83 Å². The molecule has 1 aromatic carbocycles. The molecular weight excluding hydrogens is 216 g/mol. The first kappa shape index (κ1) is 8.27. The summed E-state index contributed by atoms with van der Waals surface area (Å²) in [6, 6.07) is 7.94. The molecule has 1 aromatic rings. The minimum Gasteiger partial charge on any atom is -0.227 e. The summed E-state index contributed by atoms with van der Waals surface area (Å²) in [7, 11) is 0. The predicted octanol–water partition coefficient (Wildman–Crippen LogP) is 2.87. The van der Waals surface area contributed by atoms with Crippen LogP contribution < -0.4 is 0 Å². The van der Waals surface area contributed by atoms with Crippen LogP contribution in [0.3, 0.4) is 0 Å². The zero-order chi connectivity index (χ0) is 8.55. The van der Waals surface area contributed by atoms with Crippen LogP contribution in [0.5, 0.6) is 0 Å². The number of rotatable bonds is 0. The van der Waals surface area contributed by atoms with Crippen LogP contribution in [0.25, 0.3) is 0 Å². The summed E-state index contributed by atoms with van der Waals surface area (Å²) >= 11 is 3.41. The van der Waals surface area contributed by atoms with Gasteiger partial charge in [-0.05, 0) is 24.0 Å². The van der Waals surface area contributed by atoms with Gasteiger partial charge in [-0.1, -0.05) is 40.2 Å². The second-order valence-corrected chi connectivity index (χ2v) is 4.35. The summed E-state index contributed by atoms with van der Waals surface area (Å²) in [4.78, 5) is 0.118. The van der Waals surface area contributed by atoms with E-state index in [0.29, 0.717) is 0 Å². The number of fused-ring (bicyclic) bond motifs is 1. The maximum absolute atomic E-state index is 11.7. The molecule has 0 N–H and O–H groups in total. The number of benzene rings is 1. The maximum Gasteiger partial charge on any atom is 0.131 e. The second kappa shape index (κ2) is 3.19. The molecule has 1 radical (unpaired) electrons. The number of hydrogen-bond acceptors (Lipinski definition) is 0. The zero-order valence-corrected chi connectivity index (χ0v) is 8.25. The van der Waals surface area contributed by atoms with Crippen molar-refractivity contribution in [3.8, 4) is 0 Å². The molecule has 0 bridgehead atoms. The van der Waals surface area contributed by atoms with Crippen molar-refractivity contribution in [3.63, 3.8) is 0 Å². The Morgan fingerprint density at radius 2 is 2.08 bits per heavy atom. The highest BCUT2D eigenvalue weighted by Crippen LogP contribution is 2.34. The van der Waals surface area contributed by atoms with Gasteiger partial charge < -0.3 is 0 Å². The lowest BCUT2D eigenvalue weighted by Crippen LogP contribution is -2.18. The molecule has 0 heterocycles. The maximum atomic E-state index is 11.7. The van der Waals surface area contributed by atoms with Crippen LogP contribution in [0.15, 0.2) is 24.3 Å². The van der Waals surface area contributed by atoms with Crippen LogP contribution in [0.4, 0.5) is 0 Å².